The van der Waals surface area contributed by atoms with Crippen molar-refractivity contribution in [2.45, 2.75) is 25.3 Å². The van der Waals surface area contributed by atoms with Crippen molar-refractivity contribution in [2.24, 2.45) is 11.7 Å². The molecule has 0 bridgehead atoms. The molecule has 1 rings (SSSR count). The predicted octanol–water partition coefficient (Wildman–Crippen LogP) is 0.390. The average Bonchev–Trinajstić information content (AvgIpc) is 2.72. The number of carboxylic acid groups (broad SMARTS) is 1. The van der Waals surface area contributed by atoms with E-state index in [4.69, 9.17) is 10.8 Å². The van der Waals surface area contributed by atoms with Gasteiger partial charge >= 0.3 is 5.97 Å². The zero-order valence-corrected chi connectivity index (χ0v) is 10.9. The first kappa shape index (κ1) is 14.3. The number of carbonyl (C=O) groups excluding carboxylic acids is 1. The second kappa shape index (κ2) is 6.86. The van der Waals surface area contributed by atoms with E-state index in [0.29, 0.717) is 19.5 Å². The van der Waals surface area contributed by atoms with Crippen LogP contribution in [-0.2, 0) is 9.59 Å². The molecule has 5 nitrogen and oxygen atoms in total. The number of amides is 1. The lowest BCUT2D eigenvalue weighted by Gasteiger charge is -2.20. The van der Waals surface area contributed by atoms with Gasteiger partial charge in [0.2, 0.25) is 5.91 Å². The molecular formula is C11H20N2O3S. The largest absolute Gasteiger partial charge is 0.481 e. The number of likely N-dealkylation sites (tertiary alicyclic amines) is 1. The maximum absolute atomic E-state index is 11.9. The van der Waals surface area contributed by atoms with Gasteiger partial charge in [-0.1, -0.05) is 0 Å². The highest BCUT2D eigenvalue weighted by atomic mass is 32.2. The summed E-state index contributed by atoms with van der Waals surface area (Å²) in [5.41, 5.74) is 5.81. The number of carbonyl (C=O) groups is 2. The van der Waals surface area contributed by atoms with Gasteiger partial charge in [-0.2, -0.15) is 11.8 Å². The molecule has 1 aliphatic rings. The molecule has 1 heterocycles. The highest BCUT2D eigenvalue weighted by Gasteiger charge is 2.29. The van der Waals surface area contributed by atoms with E-state index in [-0.39, 0.29) is 18.2 Å². The lowest BCUT2D eigenvalue weighted by atomic mass is 10.1. The van der Waals surface area contributed by atoms with Crippen LogP contribution in [0.2, 0.25) is 0 Å². The first-order valence-corrected chi connectivity index (χ1v) is 7.19. The van der Waals surface area contributed by atoms with Crippen molar-refractivity contribution in [1.82, 2.24) is 4.90 Å². The molecule has 0 aromatic heterocycles. The Balaban J connectivity index is 2.36. The van der Waals surface area contributed by atoms with E-state index in [1.807, 2.05) is 6.26 Å². The maximum atomic E-state index is 11.9. The number of hydrogen-bond donors (Lipinski definition) is 2. The van der Waals surface area contributed by atoms with Crippen LogP contribution in [-0.4, -0.2) is 53.0 Å². The fourth-order valence-electron chi connectivity index (χ4n) is 2.05. The number of nitrogens with zero attached hydrogens (tertiary/aromatic N) is 1. The molecule has 2 atom stereocenters. The highest BCUT2D eigenvalue weighted by molar-refractivity contribution is 7.98. The van der Waals surface area contributed by atoms with Crippen LogP contribution in [0.15, 0.2) is 0 Å². The molecular weight excluding hydrogens is 240 g/mol. The van der Waals surface area contributed by atoms with Crippen LogP contribution in [0, 0.1) is 5.92 Å². The SMILES string of the molecule is CSCC[C@H](N)C(=O)N1CCC(CC(=O)O)C1. The van der Waals surface area contributed by atoms with Crippen molar-refractivity contribution in [3.05, 3.63) is 0 Å². The van der Waals surface area contributed by atoms with E-state index in [0.717, 1.165) is 12.2 Å². The summed E-state index contributed by atoms with van der Waals surface area (Å²) in [7, 11) is 0. The number of rotatable bonds is 6. The van der Waals surface area contributed by atoms with Crippen molar-refractivity contribution in [2.75, 3.05) is 25.1 Å². The van der Waals surface area contributed by atoms with Crippen LogP contribution in [0.25, 0.3) is 0 Å². The quantitative estimate of drug-likeness (QED) is 0.722. The molecule has 3 N–H and O–H groups in total. The molecule has 0 saturated carbocycles. The fraction of sp³-hybridized carbons (Fsp3) is 0.818. The van der Waals surface area contributed by atoms with E-state index >= 15 is 0 Å². The third kappa shape index (κ3) is 4.55. The maximum Gasteiger partial charge on any atom is 0.303 e. The zero-order valence-electron chi connectivity index (χ0n) is 10.1. The van der Waals surface area contributed by atoms with E-state index in [9.17, 15) is 9.59 Å². The van der Waals surface area contributed by atoms with Gasteiger partial charge in [-0.3, -0.25) is 9.59 Å². The van der Waals surface area contributed by atoms with Crippen LogP contribution in [0.1, 0.15) is 19.3 Å². The minimum atomic E-state index is -0.795. The lowest BCUT2D eigenvalue weighted by Crippen LogP contribution is -2.43. The number of carboxylic acids is 1. The summed E-state index contributed by atoms with van der Waals surface area (Å²) in [5.74, 6) is 0.131. The van der Waals surface area contributed by atoms with Crippen LogP contribution in [0.4, 0.5) is 0 Å². The lowest BCUT2D eigenvalue weighted by molar-refractivity contribution is -0.138. The molecule has 1 aliphatic heterocycles. The van der Waals surface area contributed by atoms with Gasteiger partial charge in [0.25, 0.3) is 0 Å². The Bertz CT molecular complexity index is 286. The van der Waals surface area contributed by atoms with E-state index in [1.54, 1.807) is 16.7 Å². The van der Waals surface area contributed by atoms with Gasteiger partial charge in [-0.15, -0.1) is 0 Å². The van der Waals surface area contributed by atoms with Crippen molar-refractivity contribution < 1.29 is 14.7 Å². The van der Waals surface area contributed by atoms with Gasteiger partial charge in [0, 0.05) is 19.5 Å². The zero-order chi connectivity index (χ0) is 12.8. The standard InChI is InChI=1S/C11H20N2O3S/c1-17-5-3-9(12)11(16)13-4-2-8(7-13)6-10(14)15/h8-9H,2-7,12H2,1H3,(H,14,15)/t8?,9-/m0/s1. The molecule has 0 aromatic rings. The van der Waals surface area contributed by atoms with Gasteiger partial charge in [-0.25, -0.2) is 0 Å². The van der Waals surface area contributed by atoms with Gasteiger partial charge in [0.1, 0.15) is 0 Å². The van der Waals surface area contributed by atoms with Crippen LogP contribution in [0.3, 0.4) is 0 Å². The van der Waals surface area contributed by atoms with Crippen molar-refractivity contribution in [3.8, 4) is 0 Å². The van der Waals surface area contributed by atoms with E-state index in [2.05, 4.69) is 0 Å². The normalized spacial score (nSPS) is 21.5. The Morgan fingerprint density at radius 3 is 2.88 bits per heavy atom. The third-order valence-electron chi connectivity index (χ3n) is 3.01. The fourth-order valence-corrected chi connectivity index (χ4v) is 2.54. The molecule has 0 spiro atoms. The van der Waals surface area contributed by atoms with Crippen LogP contribution >= 0.6 is 11.8 Å². The topological polar surface area (TPSA) is 83.6 Å². The molecule has 0 aromatic carbocycles. The molecule has 0 aliphatic carbocycles. The van der Waals surface area contributed by atoms with Crippen LogP contribution in [0.5, 0.6) is 0 Å². The summed E-state index contributed by atoms with van der Waals surface area (Å²) >= 11 is 1.67. The molecule has 6 heteroatoms. The summed E-state index contributed by atoms with van der Waals surface area (Å²) in [5, 5.41) is 8.69. The van der Waals surface area contributed by atoms with Gasteiger partial charge in [0.05, 0.1) is 6.04 Å². The van der Waals surface area contributed by atoms with E-state index < -0.39 is 12.0 Å². The summed E-state index contributed by atoms with van der Waals surface area (Å²) in [6, 6.07) is -0.439. The molecule has 1 amide bonds. The molecule has 1 unspecified atom stereocenters. The van der Waals surface area contributed by atoms with Crippen molar-refractivity contribution >= 4 is 23.6 Å². The smallest absolute Gasteiger partial charge is 0.303 e. The summed E-state index contributed by atoms with van der Waals surface area (Å²) in [6.45, 7) is 1.18. The molecule has 0 radical (unpaired) electrons. The van der Waals surface area contributed by atoms with Gasteiger partial charge < -0.3 is 15.7 Å². The number of hydrogen-bond acceptors (Lipinski definition) is 4. The molecule has 17 heavy (non-hydrogen) atoms. The monoisotopic (exact) mass is 260 g/mol. The predicted molar refractivity (Wildman–Crippen MR) is 67.9 cm³/mol. The minimum absolute atomic E-state index is 0.0352. The van der Waals surface area contributed by atoms with Crippen molar-refractivity contribution in [3.63, 3.8) is 0 Å². The highest BCUT2D eigenvalue weighted by Crippen LogP contribution is 2.20. The van der Waals surface area contributed by atoms with Gasteiger partial charge in [0.15, 0.2) is 0 Å². The first-order valence-electron chi connectivity index (χ1n) is 5.79. The average molecular weight is 260 g/mol. The number of aliphatic carboxylic acids is 1. The Morgan fingerprint density at radius 2 is 2.29 bits per heavy atom. The van der Waals surface area contributed by atoms with Crippen LogP contribution < -0.4 is 5.73 Å². The van der Waals surface area contributed by atoms with Crippen molar-refractivity contribution in [1.29, 1.82) is 0 Å². The summed E-state index contributed by atoms with van der Waals surface area (Å²) in [6.07, 6.45) is 3.58. The number of thioether (sulfide) groups is 1. The molecule has 98 valence electrons. The minimum Gasteiger partial charge on any atom is -0.481 e. The third-order valence-corrected chi connectivity index (χ3v) is 3.65. The summed E-state index contributed by atoms with van der Waals surface area (Å²) < 4.78 is 0. The second-order valence-electron chi connectivity index (χ2n) is 4.42. The Morgan fingerprint density at radius 1 is 1.59 bits per heavy atom. The molecule has 1 fully saturated rings. The summed E-state index contributed by atoms with van der Waals surface area (Å²) in [4.78, 5) is 24.2. The van der Waals surface area contributed by atoms with E-state index in [1.165, 1.54) is 0 Å². The Hall–Kier alpha value is -0.750. The Labute approximate surface area is 106 Å². The number of nitrogens with two attached hydrogens (primary N) is 1. The first-order chi connectivity index (χ1) is 8.04. The second-order valence-corrected chi connectivity index (χ2v) is 5.41. The van der Waals surface area contributed by atoms with Gasteiger partial charge in [-0.05, 0) is 30.8 Å². The Kier molecular flexibility index (Phi) is 5.77. The molecule has 1 saturated heterocycles.